The van der Waals surface area contributed by atoms with Gasteiger partial charge in [-0.05, 0) is 229 Å². The van der Waals surface area contributed by atoms with Crippen LogP contribution in [0.1, 0.15) is 159 Å². The fourth-order valence-corrected chi connectivity index (χ4v) is 13.2. The topological polar surface area (TPSA) is 23.3 Å². The van der Waals surface area contributed by atoms with Crippen LogP contribution in [0.25, 0.3) is 67.5 Å². The minimum atomic E-state index is -2.51. The zero-order chi connectivity index (χ0) is 90.5. The van der Waals surface area contributed by atoms with Crippen molar-refractivity contribution < 1.29 is 52.1 Å². The minimum absolute atomic E-state index is 0.116. The summed E-state index contributed by atoms with van der Waals surface area (Å²) >= 11 is 0. The number of pyridine rings is 6. The van der Waals surface area contributed by atoms with Gasteiger partial charge < -0.3 is 0 Å². The number of hydrogen-bond acceptors (Lipinski definition) is 0. The molecule has 0 N–H and O–H groups in total. The largest absolute Gasteiger partial charge is 0.215 e. The van der Waals surface area contributed by atoms with E-state index in [4.69, 9.17) is 24.7 Å². The first-order valence-corrected chi connectivity index (χ1v) is 34.8. The van der Waals surface area contributed by atoms with Crippen molar-refractivity contribution in [3.05, 3.63) is 316 Å². The lowest BCUT2D eigenvalue weighted by Crippen LogP contribution is -2.36. The first-order valence-electron chi connectivity index (χ1n) is 43.8. The fourth-order valence-electron chi connectivity index (χ4n) is 13.2. The van der Waals surface area contributed by atoms with Crippen LogP contribution in [0.4, 0.5) is 0 Å². The molecule has 6 aromatic heterocycles. The number of aryl methyl sites for hydroxylation is 17. The molecule has 0 saturated heterocycles. The molecule has 0 saturated carbocycles. The maximum absolute atomic E-state index is 7.78. The van der Waals surface area contributed by atoms with E-state index in [1.165, 1.54) is 133 Å². The van der Waals surface area contributed by atoms with E-state index in [1.54, 1.807) is 40.2 Å². The van der Waals surface area contributed by atoms with E-state index >= 15 is 0 Å². The Hall–Kier alpha value is -9.78. The van der Waals surface area contributed by atoms with Gasteiger partial charge in [-0.15, -0.1) is 0 Å². The summed E-state index contributed by atoms with van der Waals surface area (Å²) in [4.78, 5) is 0. The number of hydrogen-bond donors (Lipinski definition) is 0. The summed E-state index contributed by atoms with van der Waals surface area (Å²) in [5, 5.41) is 0. The highest BCUT2D eigenvalue weighted by molar-refractivity contribution is 5.69. The van der Waals surface area contributed by atoms with Gasteiger partial charge in [0, 0.05) is 157 Å². The van der Waals surface area contributed by atoms with Gasteiger partial charge in [-0.2, -0.15) is 27.4 Å². The summed E-state index contributed by atoms with van der Waals surface area (Å²) in [7, 11) is 11.3. The highest BCUT2D eigenvalue weighted by Crippen LogP contribution is 2.30. The summed E-state index contributed by atoms with van der Waals surface area (Å²) in [5.74, 6) is 0. The normalized spacial score (nSPS) is 14.0. The fraction of sp³-hybridized carbons (Fsp3) is 0.312. The van der Waals surface area contributed by atoms with Crippen LogP contribution in [0.15, 0.2) is 182 Å². The zero-order valence-electron chi connectivity index (χ0n) is 83.0. The molecule has 0 aliphatic heterocycles. The lowest BCUT2D eigenvalue weighted by atomic mass is 9.98. The van der Waals surface area contributed by atoms with Crippen molar-refractivity contribution in [3.8, 4) is 67.5 Å². The van der Waals surface area contributed by atoms with Crippen molar-refractivity contribution in [3.63, 3.8) is 0 Å². The molecule has 0 radical (unpaired) electrons. The Labute approximate surface area is 641 Å². The molecule has 6 heterocycles. The van der Waals surface area contributed by atoms with E-state index in [-0.39, 0.29) is 33.8 Å². The Bertz CT molecular complexity index is 5720. The second-order valence-corrected chi connectivity index (χ2v) is 27.4. The molecule has 102 heavy (non-hydrogen) atoms. The average molecular weight is 1380 g/mol. The van der Waals surface area contributed by atoms with Crippen LogP contribution in [0.5, 0.6) is 0 Å². The third-order valence-electron chi connectivity index (χ3n) is 20.2. The molecular weight excluding hydrogens is 1240 g/mol. The van der Waals surface area contributed by atoms with Crippen molar-refractivity contribution in [2.45, 2.75) is 166 Å². The third kappa shape index (κ3) is 18.1. The Morgan fingerprint density at radius 3 is 1.00 bits per heavy atom. The van der Waals surface area contributed by atoms with E-state index < -0.39 is 41.1 Å². The first-order chi connectivity index (χ1) is 55.4. The molecule has 0 amide bonds. The molecule has 6 aromatic carbocycles. The molecule has 0 bridgehead atoms. The average Bonchev–Trinajstić information content (AvgIpc) is 0.760. The maximum atomic E-state index is 7.78. The molecule has 0 aliphatic rings. The highest BCUT2D eigenvalue weighted by Gasteiger charge is 2.24. The van der Waals surface area contributed by atoms with Crippen molar-refractivity contribution in [2.75, 3.05) is 0 Å². The second kappa shape index (κ2) is 34.7. The third-order valence-corrected chi connectivity index (χ3v) is 20.2. The lowest BCUT2D eigenvalue weighted by molar-refractivity contribution is -0.667. The molecule has 0 spiro atoms. The van der Waals surface area contributed by atoms with Gasteiger partial charge in [0.15, 0.2) is 34.2 Å². The summed E-state index contributed by atoms with van der Waals surface area (Å²) in [6, 6.07) is 59.7. The maximum Gasteiger partial charge on any atom is 0.215 e. The molecule has 0 fully saturated rings. The van der Waals surface area contributed by atoms with Gasteiger partial charge >= 0.3 is 0 Å². The monoisotopic (exact) mass is 1380 g/mol. The minimum Gasteiger partial charge on any atom is -0.198 e. The van der Waals surface area contributed by atoms with Crippen molar-refractivity contribution >= 4 is 0 Å². The molecule has 0 aliphatic carbocycles. The van der Waals surface area contributed by atoms with Crippen LogP contribution in [0.3, 0.4) is 0 Å². The van der Waals surface area contributed by atoms with Gasteiger partial charge in [-0.1, -0.05) is 109 Å². The summed E-state index contributed by atoms with van der Waals surface area (Å²) in [6.45, 7) is 22.7. The van der Waals surface area contributed by atoms with Gasteiger partial charge in [0.1, 0.15) is 42.3 Å². The SMILES string of the molecule is Cc1cccc(C)c1-c1ccc(C)c(C)[n+]1C.Cc1ccccc1-c1c(C)cc(C)c(C)[n+]1C.Cc1ccccc1-c1cc(C)c(C)c(C)[n+]1C.[2H]C([2H])([2H])c1cc(C)c(-c2ccccc2C)[n+](C)c1C([2H])([2H])[2H].[2H]C([2H])([2H])c1ccc(-c2c(C)cccc2C)[n+](C)c1C([2H])([2H])[2H].[2H]C([2H])([2H])c1ccc(-c2cc(C)ccc2C)[n+](C)c1C([2H])([2H])[2H]. The summed E-state index contributed by atoms with van der Waals surface area (Å²) in [5.41, 5.74) is 33.9. The molecular formula is C96H120N6+6. The van der Waals surface area contributed by atoms with Crippen molar-refractivity contribution in [2.24, 2.45) is 42.3 Å². The summed E-state index contributed by atoms with van der Waals surface area (Å²) < 4.78 is 150. The zero-order valence-corrected chi connectivity index (χ0v) is 65.0. The van der Waals surface area contributed by atoms with Gasteiger partial charge in [-0.25, -0.2) is 0 Å². The smallest absolute Gasteiger partial charge is 0.198 e. The van der Waals surface area contributed by atoms with E-state index in [0.717, 1.165) is 55.8 Å². The van der Waals surface area contributed by atoms with E-state index in [9.17, 15) is 0 Å². The van der Waals surface area contributed by atoms with Crippen molar-refractivity contribution in [1.82, 2.24) is 0 Å². The molecule has 12 rings (SSSR count). The molecule has 12 aromatic rings. The van der Waals surface area contributed by atoms with Gasteiger partial charge in [-0.3, -0.25) is 0 Å². The predicted molar refractivity (Wildman–Crippen MR) is 432 cm³/mol. The van der Waals surface area contributed by atoms with E-state index in [1.807, 2.05) is 95.3 Å². The van der Waals surface area contributed by atoms with Crippen LogP contribution < -0.4 is 27.4 Å². The quantitative estimate of drug-likeness (QED) is 0.148. The Morgan fingerprint density at radius 2 is 0.549 bits per heavy atom. The van der Waals surface area contributed by atoms with Gasteiger partial charge in [0.05, 0.1) is 11.1 Å². The number of aromatic nitrogens is 6. The lowest BCUT2D eigenvalue weighted by Gasteiger charge is -2.10. The number of benzene rings is 6. The van der Waals surface area contributed by atoms with E-state index in [2.05, 4.69) is 209 Å². The number of nitrogens with zero attached hydrogens (tertiary/aromatic N) is 6. The van der Waals surface area contributed by atoms with Crippen LogP contribution in [0.2, 0.25) is 0 Å². The standard InChI is InChI=1S/6C16H20N/c1-11-6-7-13(3)15(10-11)16-9-8-12(2)14(4)17(16)5;2*1-11-9-10-15(17(5)14(11)4)16-12(2)7-6-8-13(16)3;1-11-8-6-7-9-15(11)16-10-12(2)13(3)14(4)17(16)5;2*1-11-8-6-7-9-15(11)16-13(3)10-12(2)14(4)17(16)5/h6*6-10H,1-5H3/q6*+1/i2D3,4D3;1D3,4D3;;;2D3,4D3;. The van der Waals surface area contributed by atoms with Crippen LogP contribution >= 0.6 is 0 Å². The van der Waals surface area contributed by atoms with E-state index in [0.29, 0.717) is 11.4 Å². The van der Waals surface area contributed by atoms with Gasteiger partial charge in [0.25, 0.3) is 0 Å². The first kappa shape index (κ1) is 56.8. The Balaban J connectivity index is 0.000000199. The highest BCUT2D eigenvalue weighted by atomic mass is 15.0. The second-order valence-electron chi connectivity index (χ2n) is 27.4. The van der Waals surface area contributed by atoms with Crippen molar-refractivity contribution in [1.29, 1.82) is 0 Å². The van der Waals surface area contributed by atoms with Crippen LogP contribution in [0, 0.1) is 166 Å². The van der Waals surface area contributed by atoms with Crippen LogP contribution in [-0.2, 0) is 42.3 Å². The molecule has 0 unspecified atom stereocenters. The Morgan fingerprint density at radius 1 is 0.206 bits per heavy atom. The Kier molecular flexibility index (Phi) is 19.3. The van der Waals surface area contributed by atoms with Crippen LogP contribution in [-0.4, -0.2) is 0 Å². The molecule has 6 nitrogen and oxygen atoms in total. The molecule has 6 heteroatoms. The summed E-state index contributed by atoms with van der Waals surface area (Å²) in [6.07, 6.45) is 0. The predicted octanol–water partition coefficient (Wildman–Crippen LogP) is 20.5. The molecule has 528 valence electrons. The number of rotatable bonds is 6. The molecule has 0 atom stereocenters. The van der Waals surface area contributed by atoms with Gasteiger partial charge in [0.2, 0.25) is 34.2 Å².